The normalized spacial score (nSPS) is 17.5. The Morgan fingerprint density at radius 1 is 1.31 bits per heavy atom. The number of rotatable bonds is 3. The lowest BCUT2D eigenvalue weighted by Crippen LogP contribution is -2.44. The fraction of sp³-hybridized carbons (Fsp3) is 0.900. The van der Waals surface area contributed by atoms with Gasteiger partial charge >= 0.3 is 0 Å². The van der Waals surface area contributed by atoms with Gasteiger partial charge in [0.1, 0.15) is 5.78 Å². The van der Waals surface area contributed by atoms with Gasteiger partial charge in [-0.15, -0.1) is 0 Å². The molecule has 0 spiro atoms. The molecule has 0 saturated carbocycles. The summed E-state index contributed by atoms with van der Waals surface area (Å²) >= 11 is 0. The van der Waals surface area contributed by atoms with E-state index in [0.29, 0.717) is 12.2 Å². The first-order valence-electron chi connectivity index (χ1n) is 5.21. The van der Waals surface area contributed by atoms with Crippen LogP contribution < -0.4 is 5.32 Å². The molecule has 0 aromatic carbocycles. The molecule has 3 nitrogen and oxygen atoms in total. The predicted octanol–water partition coefficient (Wildman–Crippen LogP) is 0.897. The first-order chi connectivity index (χ1) is 6.29. The number of piperazine rings is 1. The van der Waals surface area contributed by atoms with Crippen molar-refractivity contribution in [2.45, 2.75) is 27.2 Å². The highest BCUT2D eigenvalue weighted by Gasteiger charge is 2.08. The van der Waals surface area contributed by atoms with E-state index < -0.39 is 0 Å². The summed E-state index contributed by atoms with van der Waals surface area (Å²) in [5.74, 6) is 0.295. The van der Waals surface area contributed by atoms with E-state index in [2.05, 4.69) is 10.2 Å². The van der Waals surface area contributed by atoms with Crippen molar-refractivity contribution < 1.29 is 4.79 Å². The molecule has 0 bridgehead atoms. The fourth-order valence-corrected chi connectivity index (χ4v) is 1.25. The number of hydrogen-bond acceptors (Lipinski definition) is 3. The summed E-state index contributed by atoms with van der Waals surface area (Å²) < 4.78 is 0. The minimum Gasteiger partial charge on any atom is -0.314 e. The molecule has 1 aliphatic heterocycles. The Kier molecular flexibility index (Phi) is 7.94. The Bertz CT molecular complexity index is 131. The summed E-state index contributed by atoms with van der Waals surface area (Å²) in [6, 6.07) is 0. The smallest absolute Gasteiger partial charge is 0.131 e. The van der Waals surface area contributed by atoms with Gasteiger partial charge in [0, 0.05) is 39.1 Å². The molecule has 0 aromatic heterocycles. The molecule has 0 aliphatic carbocycles. The molecule has 0 unspecified atom stereocenters. The van der Waals surface area contributed by atoms with Gasteiger partial charge in [0.05, 0.1) is 0 Å². The van der Waals surface area contributed by atoms with Crippen LogP contribution in [0, 0.1) is 0 Å². The first kappa shape index (κ1) is 12.6. The second-order valence-corrected chi connectivity index (χ2v) is 3.04. The second-order valence-electron chi connectivity index (χ2n) is 3.04. The van der Waals surface area contributed by atoms with Crippen molar-refractivity contribution in [1.82, 2.24) is 10.2 Å². The Labute approximate surface area is 81.5 Å². The third kappa shape index (κ3) is 6.72. The monoisotopic (exact) mass is 186 g/mol. The molecule has 3 heteroatoms. The van der Waals surface area contributed by atoms with Gasteiger partial charge in [0.15, 0.2) is 0 Å². The maximum Gasteiger partial charge on any atom is 0.131 e. The van der Waals surface area contributed by atoms with E-state index in [0.717, 1.165) is 32.7 Å². The topological polar surface area (TPSA) is 32.3 Å². The number of carbonyl (C=O) groups excluding carboxylic acids is 1. The van der Waals surface area contributed by atoms with Crippen LogP contribution in [0.1, 0.15) is 27.2 Å². The molecule has 78 valence electrons. The lowest BCUT2D eigenvalue weighted by atomic mass is 10.2. The Morgan fingerprint density at radius 2 is 1.85 bits per heavy atom. The summed E-state index contributed by atoms with van der Waals surface area (Å²) in [4.78, 5) is 13.0. The van der Waals surface area contributed by atoms with Gasteiger partial charge in [0.25, 0.3) is 0 Å². The molecule has 0 atom stereocenters. The molecule has 1 saturated heterocycles. The zero-order valence-electron chi connectivity index (χ0n) is 9.10. The summed E-state index contributed by atoms with van der Waals surface area (Å²) in [6.07, 6.45) is 0.708. The summed E-state index contributed by atoms with van der Waals surface area (Å²) in [7, 11) is 0. The van der Waals surface area contributed by atoms with Crippen molar-refractivity contribution in [2.24, 2.45) is 0 Å². The number of nitrogens with one attached hydrogen (secondary N) is 1. The van der Waals surface area contributed by atoms with Gasteiger partial charge in [-0.05, 0) is 6.92 Å². The first-order valence-corrected chi connectivity index (χ1v) is 5.21. The van der Waals surface area contributed by atoms with Crippen molar-refractivity contribution in [2.75, 3.05) is 32.7 Å². The van der Waals surface area contributed by atoms with Crippen molar-refractivity contribution >= 4 is 5.78 Å². The molecule has 0 amide bonds. The highest BCUT2D eigenvalue weighted by molar-refractivity contribution is 5.75. The molecule has 1 fully saturated rings. The van der Waals surface area contributed by atoms with E-state index in [4.69, 9.17) is 0 Å². The molecule has 1 rings (SSSR count). The van der Waals surface area contributed by atoms with Crippen LogP contribution in [0.25, 0.3) is 0 Å². The van der Waals surface area contributed by atoms with Crippen molar-refractivity contribution in [1.29, 1.82) is 0 Å². The van der Waals surface area contributed by atoms with Gasteiger partial charge < -0.3 is 10.2 Å². The largest absolute Gasteiger partial charge is 0.314 e. The molecule has 13 heavy (non-hydrogen) atoms. The average Bonchev–Trinajstić information content (AvgIpc) is 2.19. The Hall–Kier alpha value is -0.410. The van der Waals surface area contributed by atoms with Crippen molar-refractivity contribution in [3.63, 3.8) is 0 Å². The highest BCUT2D eigenvalue weighted by Crippen LogP contribution is 1.94. The van der Waals surface area contributed by atoms with Gasteiger partial charge in [-0.3, -0.25) is 4.79 Å². The molecular formula is C10H22N2O. The van der Waals surface area contributed by atoms with Gasteiger partial charge in [-0.2, -0.15) is 0 Å². The van der Waals surface area contributed by atoms with Crippen LogP contribution in [-0.4, -0.2) is 43.4 Å². The molecule has 1 aliphatic rings. The second kappa shape index (κ2) is 8.20. The zero-order valence-corrected chi connectivity index (χ0v) is 9.10. The lowest BCUT2D eigenvalue weighted by molar-refractivity contribution is -0.117. The minimum atomic E-state index is 0.295. The van der Waals surface area contributed by atoms with Crippen molar-refractivity contribution in [3.8, 4) is 0 Å². The molecule has 1 N–H and O–H groups in total. The van der Waals surface area contributed by atoms with Crippen LogP contribution in [0.2, 0.25) is 0 Å². The van der Waals surface area contributed by atoms with Crippen LogP contribution >= 0.6 is 0 Å². The van der Waals surface area contributed by atoms with Gasteiger partial charge in [0.2, 0.25) is 0 Å². The number of Topliss-reactive ketones (excluding diaryl/α,β-unsaturated/α-hetero) is 1. The van der Waals surface area contributed by atoms with Gasteiger partial charge in [-0.25, -0.2) is 0 Å². The van der Waals surface area contributed by atoms with E-state index in [1.165, 1.54) is 0 Å². The van der Waals surface area contributed by atoms with Crippen LogP contribution in [0.4, 0.5) is 0 Å². The third-order valence-electron chi connectivity index (χ3n) is 1.99. The minimum absolute atomic E-state index is 0.295. The highest BCUT2D eigenvalue weighted by atomic mass is 16.1. The quantitative estimate of drug-likeness (QED) is 0.710. The number of hydrogen-bond donors (Lipinski definition) is 1. The Morgan fingerprint density at radius 3 is 2.31 bits per heavy atom. The summed E-state index contributed by atoms with van der Waals surface area (Å²) in [5, 5.41) is 3.28. The van der Waals surface area contributed by atoms with Gasteiger partial charge in [-0.1, -0.05) is 13.8 Å². The zero-order chi connectivity index (χ0) is 10.1. The van der Waals surface area contributed by atoms with E-state index >= 15 is 0 Å². The van der Waals surface area contributed by atoms with E-state index in [1.54, 1.807) is 6.92 Å². The molecule has 0 aromatic rings. The Balaban J connectivity index is 0.000000671. The third-order valence-corrected chi connectivity index (χ3v) is 1.99. The van der Waals surface area contributed by atoms with Crippen molar-refractivity contribution in [3.05, 3.63) is 0 Å². The summed E-state index contributed by atoms with van der Waals surface area (Å²) in [5.41, 5.74) is 0. The van der Waals surface area contributed by atoms with Crippen LogP contribution in [0.15, 0.2) is 0 Å². The standard InChI is InChI=1S/C8H16N2O.C2H6/c1-8(11)2-5-10-6-3-9-4-7-10;1-2/h9H,2-7H2,1H3;1-2H3. The fourth-order valence-electron chi connectivity index (χ4n) is 1.25. The van der Waals surface area contributed by atoms with Crippen LogP contribution in [0.5, 0.6) is 0 Å². The number of carbonyl (C=O) groups is 1. The average molecular weight is 186 g/mol. The molecule has 1 heterocycles. The maximum atomic E-state index is 10.6. The predicted molar refractivity (Wildman–Crippen MR) is 56.0 cm³/mol. The summed E-state index contributed by atoms with van der Waals surface area (Å²) in [6.45, 7) is 10.9. The van der Waals surface area contributed by atoms with E-state index in [1.807, 2.05) is 13.8 Å². The number of ketones is 1. The van der Waals surface area contributed by atoms with Crippen LogP contribution in [0.3, 0.4) is 0 Å². The molecular weight excluding hydrogens is 164 g/mol. The van der Waals surface area contributed by atoms with E-state index in [-0.39, 0.29) is 0 Å². The maximum absolute atomic E-state index is 10.6. The SMILES string of the molecule is CC.CC(=O)CCN1CCNCC1. The number of nitrogens with zero attached hydrogens (tertiary/aromatic N) is 1. The van der Waals surface area contributed by atoms with E-state index in [9.17, 15) is 4.79 Å². The lowest BCUT2D eigenvalue weighted by Gasteiger charge is -2.26. The molecule has 0 radical (unpaired) electrons. The van der Waals surface area contributed by atoms with Crippen LogP contribution in [-0.2, 0) is 4.79 Å².